The lowest BCUT2D eigenvalue weighted by molar-refractivity contribution is -0.385. The van der Waals surface area contributed by atoms with Crippen LogP contribution in [0.4, 0.5) is 10.1 Å². The molecule has 2 aromatic carbocycles. The van der Waals surface area contributed by atoms with Gasteiger partial charge in [0.05, 0.1) is 4.92 Å². The van der Waals surface area contributed by atoms with Crippen LogP contribution >= 0.6 is 0 Å². The van der Waals surface area contributed by atoms with E-state index < -0.39 is 11.0 Å². The van der Waals surface area contributed by atoms with Gasteiger partial charge in [-0.3, -0.25) is 10.1 Å². The number of halogens is 1. The Morgan fingerprint density at radius 2 is 1.92 bits per heavy atom. The van der Waals surface area contributed by atoms with Gasteiger partial charge in [0.25, 0.3) is 5.69 Å². The van der Waals surface area contributed by atoms with Gasteiger partial charge in [0, 0.05) is 24.2 Å². The van der Waals surface area contributed by atoms with E-state index in [4.69, 9.17) is 4.74 Å². The molecule has 2 atom stereocenters. The molecule has 2 N–H and O–H groups in total. The maximum Gasteiger partial charge on any atom is 0.274 e. The molecule has 0 saturated heterocycles. The average molecular weight is 334 g/mol. The number of nitrogens with zero attached hydrogens (tertiary/aromatic N) is 1. The number of para-hydroxylation sites is 1. The molecule has 0 bridgehead atoms. The summed E-state index contributed by atoms with van der Waals surface area (Å²) >= 11 is 0. The van der Waals surface area contributed by atoms with Gasteiger partial charge in [-0.25, -0.2) is 4.39 Å². The van der Waals surface area contributed by atoms with Gasteiger partial charge in [-0.15, -0.1) is 0 Å². The standard InChI is InChI=1S/C17H19FN2O4/c1-12(16-4-2-3-5-17(16)20(22)23)19-10-14(21)11-24-15-8-6-13(18)7-9-15/h2-9,12,14,19,21H,10-11H2,1H3. The molecule has 0 fully saturated rings. The number of rotatable bonds is 8. The summed E-state index contributed by atoms with van der Waals surface area (Å²) in [6, 6.07) is 11.7. The van der Waals surface area contributed by atoms with E-state index in [1.165, 1.54) is 30.3 Å². The monoisotopic (exact) mass is 334 g/mol. The molecule has 0 radical (unpaired) electrons. The predicted octanol–water partition coefficient (Wildman–Crippen LogP) is 2.82. The third kappa shape index (κ3) is 5.00. The molecule has 0 heterocycles. The number of aliphatic hydroxyl groups is 1. The second-order valence-electron chi connectivity index (χ2n) is 5.36. The summed E-state index contributed by atoms with van der Waals surface area (Å²) in [7, 11) is 0. The van der Waals surface area contributed by atoms with Gasteiger partial charge in [0.2, 0.25) is 0 Å². The van der Waals surface area contributed by atoms with Gasteiger partial charge >= 0.3 is 0 Å². The molecule has 24 heavy (non-hydrogen) atoms. The number of hydrogen-bond acceptors (Lipinski definition) is 5. The number of benzene rings is 2. The molecule has 128 valence electrons. The number of nitrogens with one attached hydrogen (secondary N) is 1. The number of aliphatic hydroxyl groups excluding tert-OH is 1. The highest BCUT2D eigenvalue weighted by molar-refractivity contribution is 5.41. The number of nitro benzene ring substituents is 1. The predicted molar refractivity (Wildman–Crippen MR) is 87.4 cm³/mol. The smallest absolute Gasteiger partial charge is 0.274 e. The molecule has 0 spiro atoms. The zero-order valence-electron chi connectivity index (χ0n) is 13.2. The Balaban J connectivity index is 1.84. The Morgan fingerprint density at radius 3 is 2.58 bits per heavy atom. The summed E-state index contributed by atoms with van der Waals surface area (Å²) in [5, 5.41) is 24.0. The van der Waals surface area contributed by atoms with Gasteiger partial charge in [-0.1, -0.05) is 18.2 Å². The van der Waals surface area contributed by atoms with Crippen LogP contribution in [0, 0.1) is 15.9 Å². The highest BCUT2D eigenvalue weighted by Crippen LogP contribution is 2.24. The molecule has 2 unspecified atom stereocenters. The molecular weight excluding hydrogens is 315 g/mol. The molecule has 6 nitrogen and oxygen atoms in total. The van der Waals surface area contributed by atoms with E-state index in [1.54, 1.807) is 25.1 Å². The van der Waals surface area contributed by atoms with Crippen LogP contribution in [0.1, 0.15) is 18.5 Å². The second kappa shape index (κ2) is 8.37. The van der Waals surface area contributed by atoms with Crippen molar-refractivity contribution < 1.29 is 19.2 Å². The molecular formula is C17H19FN2O4. The van der Waals surface area contributed by atoms with Crippen molar-refractivity contribution in [2.75, 3.05) is 13.2 Å². The number of nitro groups is 1. The summed E-state index contributed by atoms with van der Waals surface area (Å²) in [6.07, 6.45) is -0.805. The van der Waals surface area contributed by atoms with Crippen molar-refractivity contribution in [1.29, 1.82) is 0 Å². The Kier molecular flexibility index (Phi) is 6.22. The molecule has 0 aliphatic rings. The normalized spacial score (nSPS) is 13.3. The van der Waals surface area contributed by atoms with E-state index in [0.29, 0.717) is 11.3 Å². The maximum atomic E-state index is 12.8. The average Bonchev–Trinajstić information content (AvgIpc) is 2.59. The molecule has 2 aromatic rings. The summed E-state index contributed by atoms with van der Waals surface area (Å²) in [5.74, 6) is 0.102. The van der Waals surface area contributed by atoms with E-state index in [1.807, 2.05) is 0 Å². The van der Waals surface area contributed by atoms with Crippen LogP contribution < -0.4 is 10.1 Å². The minimum atomic E-state index is -0.805. The minimum Gasteiger partial charge on any atom is -0.491 e. The van der Waals surface area contributed by atoms with Gasteiger partial charge in [0.1, 0.15) is 24.3 Å². The largest absolute Gasteiger partial charge is 0.491 e. The summed E-state index contributed by atoms with van der Waals surface area (Å²) in [4.78, 5) is 10.6. The molecule has 0 amide bonds. The van der Waals surface area contributed by atoms with E-state index in [2.05, 4.69) is 5.32 Å². The van der Waals surface area contributed by atoms with Crippen molar-refractivity contribution in [3.05, 3.63) is 70.0 Å². The van der Waals surface area contributed by atoms with E-state index in [-0.39, 0.29) is 30.7 Å². The summed E-state index contributed by atoms with van der Waals surface area (Å²) in [5.41, 5.74) is 0.587. The Labute approximate surface area is 139 Å². The first-order chi connectivity index (χ1) is 11.5. The lowest BCUT2D eigenvalue weighted by atomic mass is 10.1. The first-order valence-electron chi connectivity index (χ1n) is 7.50. The topological polar surface area (TPSA) is 84.6 Å². The van der Waals surface area contributed by atoms with Crippen LogP contribution in [-0.2, 0) is 0 Å². The van der Waals surface area contributed by atoms with Crippen LogP contribution in [-0.4, -0.2) is 29.3 Å². The van der Waals surface area contributed by atoms with Crippen molar-refractivity contribution in [1.82, 2.24) is 5.32 Å². The van der Waals surface area contributed by atoms with E-state index in [9.17, 15) is 19.6 Å². The highest BCUT2D eigenvalue weighted by atomic mass is 19.1. The fraction of sp³-hybridized carbons (Fsp3) is 0.294. The fourth-order valence-electron chi connectivity index (χ4n) is 2.22. The molecule has 0 aromatic heterocycles. The summed E-state index contributed by atoms with van der Waals surface area (Å²) < 4.78 is 18.1. The van der Waals surface area contributed by atoms with Crippen LogP contribution in [0.25, 0.3) is 0 Å². The highest BCUT2D eigenvalue weighted by Gasteiger charge is 2.18. The van der Waals surface area contributed by atoms with Crippen LogP contribution in [0.15, 0.2) is 48.5 Å². The Morgan fingerprint density at radius 1 is 1.25 bits per heavy atom. The fourth-order valence-corrected chi connectivity index (χ4v) is 2.22. The molecule has 0 saturated carbocycles. The molecule has 0 aliphatic carbocycles. The maximum absolute atomic E-state index is 12.8. The lowest BCUT2D eigenvalue weighted by Gasteiger charge is -2.18. The third-order valence-corrected chi connectivity index (χ3v) is 3.52. The number of hydrogen-bond donors (Lipinski definition) is 2. The van der Waals surface area contributed by atoms with Gasteiger partial charge in [-0.05, 0) is 31.2 Å². The van der Waals surface area contributed by atoms with Crippen LogP contribution in [0.5, 0.6) is 5.75 Å². The minimum absolute atomic E-state index is 0.0300. The lowest BCUT2D eigenvalue weighted by Crippen LogP contribution is -2.33. The molecule has 7 heteroatoms. The van der Waals surface area contributed by atoms with Crippen LogP contribution in [0.3, 0.4) is 0 Å². The molecule has 2 rings (SSSR count). The van der Waals surface area contributed by atoms with Crippen molar-refractivity contribution >= 4 is 5.69 Å². The second-order valence-corrected chi connectivity index (χ2v) is 5.36. The zero-order valence-corrected chi connectivity index (χ0v) is 13.2. The van der Waals surface area contributed by atoms with Crippen molar-refractivity contribution in [3.63, 3.8) is 0 Å². The third-order valence-electron chi connectivity index (χ3n) is 3.52. The number of ether oxygens (including phenoxy) is 1. The molecule has 0 aliphatic heterocycles. The van der Waals surface area contributed by atoms with Gasteiger partial charge in [-0.2, -0.15) is 0 Å². The first-order valence-corrected chi connectivity index (χ1v) is 7.50. The first kappa shape index (κ1) is 17.8. The van der Waals surface area contributed by atoms with E-state index in [0.717, 1.165) is 0 Å². The van der Waals surface area contributed by atoms with Crippen molar-refractivity contribution in [3.8, 4) is 5.75 Å². The zero-order chi connectivity index (χ0) is 17.5. The van der Waals surface area contributed by atoms with Gasteiger partial charge < -0.3 is 15.2 Å². The Hall–Kier alpha value is -2.51. The Bertz CT molecular complexity index is 679. The van der Waals surface area contributed by atoms with Gasteiger partial charge in [0.15, 0.2) is 0 Å². The van der Waals surface area contributed by atoms with Crippen LogP contribution in [0.2, 0.25) is 0 Å². The van der Waals surface area contributed by atoms with E-state index >= 15 is 0 Å². The SMILES string of the molecule is CC(NCC(O)COc1ccc(F)cc1)c1ccccc1[N+](=O)[O-]. The van der Waals surface area contributed by atoms with Crippen molar-refractivity contribution in [2.45, 2.75) is 19.1 Å². The quantitative estimate of drug-likeness (QED) is 0.573. The summed E-state index contributed by atoms with van der Waals surface area (Å²) in [6.45, 7) is 2.02. The van der Waals surface area contributed by atoms with Crippen molar-refractivity contribution in [2.24, 2.45) is 0 Å².